The fourth-order valence-electron chi connectivity index (χ4n) is 1.46. The standard InChI is InChI=1S/C10H10N4O5S/c15-9-2-1-7(5-8(9)14(16)17)20(18,19)13-6-10-11-3-4-12-10/h1-5,13,15H,6H2,(H,11,12). The van der Waals surface area contributed by atoms with E-state index in [4.69, 9.17) is 0 Å². The first-order valence-electron chi connectivity index (χ1n) is 5.35. The van der Waals surface area contributed by atoms with E-state index in [1.165, 1.54) is 12.4 Å². The minimum Gasteiger partial charge on any atom is -0.502 e. The summed E-state index contributed by atoms with van der Waals surface area (Å²) in [5.41, 5.74) is -0.675. The van der Waals surface area contributed by atoms with Gasteiger partial charge in [0.15, 0.2) is 5.75 Å². The highest BCUT2D eigenvalue weighted by atomic mass is 32.2. The molecule has 0 saturated carbocycles. The number of nitro benzene ring substituents is 1. The van der Waals surface area contributed by atoms with E-state index in [1.807, 2.05) is 0 Å². The van der Waals surface area contributed by atoms with Crippen molar-refractivity contribution < 1.29 is 18.4 Å². The van der Waals surface area contributed by atoms with Crippen molar-refractivity contribution in [3.05, 3.63) is 46.5 Å². The van der Waals surface area contributed by atoms with Crippen LogP contribution in [0.25, 0.3) is 0 Å². The van der Waals surface area contributed by atoms with Gasteiger partial charge in [0.1, 0.15) is 5.82 Å². The monoisotopic (exact) mass is 298 g/mol. The largest absolute Gasteiger partial charge is 0.502 e. The van der Waals surface area contributed by atoms with E-state index in [1.54, 1.807) is 0 Å². The summed E-state index contributed by atoms with van der Waals surface area (Å²) in [6.45, 7) is -0.0794. The Morgan fingerprint density at radius 1 is 1.45 bits per heavy atom. The Balaban J connectivity index is 2.25. The van der Waals surface area contributed by atoms with Gasteiger partial charge in [0.2, 0.25) is 10.0 Å². The number of imidazole rings is 1. The van der Waals surface area contributed by atoms with Crippen LogP contribution in [0.2, 0.25) is 0 Å². The van der Waals surface area contributed by atoms with Crippen LogP contribution in [0.1, 0.15) is 5.82 Å². The van der Waals surface area contributed by atoms with Gasteiger partial charge in [-0.15, -0.1) is 0 Å². The fourth-order valence-corrected chi connectivity index (χ4v) is 2.47. The van der Waals surface area contributed by atoms with Gasteiger partial charge in [0.05, 0.1) is 16.4 Å². The highest BCUT2D eigenvalue weighted by Gasteiger charge is 2.21. The van der Waals surface area contributed by atoms with Crippen LogP contribution in [-0.4, -0.2) is 28.4 Å². The van der Waals surface area contributed by atoms with E-state index in [2.05, 4.69) is 14.7 Å². The average molecular weight is 298 g/mol. The maximum Gasteiger partial charge on any atom is 0.312 e. The summed E-state index contributed by atoms with van der Waals surface area (Å²) < 4.78 is 26.2. The van der Waals surface area contributed by atoms with Gasteiger partial charge in [-0.1, -0.05) is 0 Å². The van der Waals surface area contributed by atoms with Crippen molar-refractivity contribution >= 4 is 15.7 Å². The van der Waals surface area contributed by atoms with Crippen LogP contribution in [-0.2, 0) is 16.6 Å². The molecule has 20 heavy (non-hydrogen) atoms. The summed E-state index contributed by atoms with van der Waals surface area (Å²) in [6, 6.07) is 2.83. The van der Waals surface area contributed by atoms with Gasteiger partial charge in [0.25, 0.3) is 0 Å². The number of sulfonamides is 1. The van der Waals surface area contributed by atoms with Gasteiger partial charge in [-0.3, -0.25) is 10.1 Å². The first-order chi connectivity index (χ1) is 9.40. The molecular weight excluding hydrogens is 288 g/mol. The number of hydrogen-bond acceptors (Lipinski definition) is 6. The summed E-state index contributed by atoms with van der Waals surface area (Å²) in [4.78, 5) is 16.0. The van der Waals surface area contributed by atoms with Gasteiger partial charge in [-0.05, 0) is 12.1 Å². The number of benzene rings is 1. The molecule has 0 unspecified atom stereocenters. The SMILES string of the molecule is O=[N+]([O-])c1cc(S(=O)(=O)NCc2ncc[nH]2)ccc1O. The molecular formula is C10H10N4O5S. The van der Waals surface area contributed by atoms with Crippen molar-refractivity contribution in [2.45, 2.75) is 11.4 Å². The fraction of sp³-hybridized carbons (Fsp3) is 0.100. The molecule has 0 aliphatic carbocycles. The molecule has 3 N–H and O–H groups in total. The minimum atomic E-state index is -3.93. The van der Waals surface area contributed by atoms with Crippen molar-refractivity contribution in [1.29, 1.82) is 0 Å². The van der Waals surface area contributed by atoms with Crippen LogP contribution in [0.5, 0.6) is 5.75 Å². The zero-order valence-electron chi connectivity index (χ0n) is 9.98. The van der Waals surface area contributed by atoms with E-state index in [9.17, 15) is 23.6 Å². The Labute approximate surface area is 113 Å². The number of aromatic hydroxyl groups is 1. The Morgan fingerprint density at radius 2 is 2.20 bits per heavy atom. The molecule has 9 nitrogen and oxygen atoms in total. The summed E-state index contributed by atoms with van der Waals surface area (Å²) in [5.74, 6) is -0.193. The molecule has 0 radical (unpaired) electrons. The number of nitrogens with one attached hydrogen (secondary N) is 2. The van der Waals surface area contributed by atoms with Crippen LogP contribution >= 0.6 is 0 Å². The number of nitro groups is 1. The third-order valence-corrected chi connectivity index (χ3v) is 3.84. The number of nitrogens with zero attached hydrogens (tertiary/aromatic N) is 2. The Hall–Kier alpha value is -2.46. The van der Waals surface area contributed by atoms with Crippen molar-refractivity contribution in [1.82, 2.24) is 14.7 Å². The van der Waals surface area contributed by atoms with E-state index < -0.39 is 26.4 Å². The number of phenols is 1. The van der Waals surface area contributed by atoms with Gasteiger partial charge in [0, 0.05) is 18.5 Å². The first-order valence-corrected chi connectivity index (χ1v) is 6.84. The Kier molecular flexibility index (Phi) is 3.68. The lowest BCUT2D eigenvalue weighted by molar-refractivity contribution is -0.386. The summed E-state index contributed by atoms with van der Waals surface area (Å²) in [7, 11) is -3.93. The molecule has 0 bridgehead atoms. The second kappa shape index (κ2) is 5.27. The number of phenolic OH excluding ortho intramolecular Hbond substituents is 1. The normalized spacial score (nSPS) is 11.4. The van der Waals surface area contributed by atoms with Crippen LogP contribution < -0.4 is 4.72 Å². The topological polar surface area (TPSA) is 138 Å². The molecule has 0 spiro atoms. The van der Waals surface area contributed by atoms with Gasteiger partial charge in [-0.2, -0.15) is 0 Å². The predicted molar refractivity (Wildman–Crippen MR) is 67.4 cm³/mol. The summed E-state index contributed by atoms with van der Waals surface area (Å²) in [6.07, 6.45) is 3.00. The average Bonchev–Trinajstić information content (AvgIpc) is 2.89. The lowest BCUT2D eigenvalue weighted by Gasteiger charge is -2.05. The number of aromatic amines is 1. The summed E-state index contributed by atoms with van der Waals surface area (Å²) in [5, 5.41) is 19.9. The molecule has 2 aromatic rings. The number of H-pyrrole nitrogens is 1. The second-order valence-corrected chi connectivity index (χ2v) is 5.54. The van der Waals surface area contributed by atoms with Gasteiger partial charge >= 0.3 is 5.69 Å². The quantitative estimate of drug-likeness (QED) is 0.542. The summed E-state index contributed by atoms with van der Waals surface area (Å²) >= 11 is 0. The highest BCUT2D eigenvalue weighted by molar-refractivity contribution is 7.89. The van der Waals surface area contributed by atoms with Crippen LogP contribution in [0.3, 0.4) is 0 Å². The molecule has 0 amide bonds. The van der Waals surface area contributed by atoms with Crippen molar-refractivity contribution in [2.24, 2.45) is 0 Å². The lowest BCUT2D eigenvalue weighted by atomic mass is 10.3. The molecule has 0 fully saturated rings. The third-order valence-electron chi connectivity index (χ3n) is 2.44. The molecule has 1 aromatic carbocycles. The van der Waals surface area contributed by atoms with Gasteiger partial charge in [-0.25, -0.2) is 18.1 Å². The predicted octanol–water partition coefficient (Wildman–Crippen LogP) is 0.502. The molecule has 1 heterocycles. The van der Waals surface area contributed by atoms with Crippen LogP contribution in [0, 0.1) is 10.1 Å². The molecule has 0 aliphatic heterocycles. The highest BCUT2D eigenvalue weighted by Crippen LogP contribution is 2.28. The van der Waals surface area contributed by atoms with Crippen LogP contribution in [0.4, 0.5) is 5.69 Å². The van der Waals surface area contributed by atoms with E-state index in [0.29, 0.717) is 5.82 Å². The molecule has 0 aliphatic rings. The molecule has 0 atom stereocenters. The van der Waals surface area contributed by atoms with Crippen LogP contribution in [0.15, 0.2) is 35.5 Å². The zero-order valence-corrected chi connectivity index (χ0v) is 10.8. The van der Waals surface area contributed by atoms with Crippen molar-refractivity contribution in [2.75, 3.05) is 0 Å². The first kappa shape index (κ1) is 14.0. The minimum absolute atomic E-state index is 0.0794. The van der Waals surface area contributed by atoms with Gasteiger partial charge < -0.3 is 10.1 Å². The Bertz CT molecular complexity index is 726. The van der Waals surface area contributed by atoms with Crippen molar-refractivity contribution in [3.8, 4) is 5.75 Å². The smallest absolute Gasteiger partial charge is 0.312 e. The van der Waals surface area contributed by atoms with E-state index in [0.717, 1.165) is 18.2 Å². The molecule has 1 aromatic heterocycles. The number of hydrogen-bond donors (Lipinski definition) is 3. The van der Waals surface area contributed by atoms with Crippen molar-refractivity contribution in [3.63, 3.8) is 0 Å². The molecule has 10 heteroatoms. The van der Waals surface area contributed by atoms with E-state index in [-0.39, 0.29) is 11.4 Å². The number of aromatic nitrogens is 2. The third kappa shape index (κ3) is 2.92. The Morgan fingerprint density at radius 3 is 2.80 bits per heavy atom. The zero-order chi connectivity index (χ0) is 14.8. The van der Waals surface area contributed by atoms with E-state index >= 15 is 0 Å². The maximum absolute atomic E-state index is 12.0. The number of rotatable bonds is 5. The maximum atomic E-state index is 12.0. The lowest BCUT2D eigenvalue weighted by Crippen LogP contribution is -2.23. The second-order valence-electron chi connectivity index (χ2n) is 3.77. The molecule has 0 saturated heterocycles. The molecule has 106 valence electrons. The molecule has 2 rings (SSSR count).